The Morgan fingerprint density at radius 3 is 2.77 bits per heavy atom. The summed E-state index contributed by atoms with van der Waals surface area (Å²) in [4.78, 5) is 13.3. The van der Waals surface area contributed by atoms with Crippen molar-refractivity contribution in [1.29, 1.82) is 0 Å². The summed E-state index contributed by atoms with van der Waals surface area (Å²) in [5.41, 5.74) is 6.79. The predicted molar refractivity (Wildman–Crippen MR) is 114 cm³/mol. The SMILES string of the molecule is COc1cnc2c(Nc3ccc(F)c([C@]4(C)N=C(N)OC(C)[C@H]4C)c3)nccc2c1. The van der Waals surface area contributed by atoms with Crippen molar-refractivity contribution in [3.8, 4) is 5.75 Å². The van der Waals surface area contributed by atoms with Crippen LogP contribution in [-0.4, -0.2) is 29.2 Å². The summed E-state index contributed by atoms with van der Waals surface area (Å²) < 4.78 is 25.6. The first-order chi connectivity index (χ1) is 14.3. The van der Waals surface area contributed by atoms with Gasteiger partial charge in [-0.25, -0.2) is 19.4 Å². The van der Waals surface area contributed by atoms with Gasteiger partial charge in [-0.2, -0.15) is 0 Å². The van der Waals surface area contributed by atoms with Crippen LogP contribution >= 0.6 is 0 Å². The molecule has 1 aromatic carbocycles. The molecule has 3 atom stereocenters. The monoisotopic (exact) mass is 409 g/mol. The molecule has 1 aliphatic heterocycles. The summed E-state index contributed by atoms with van der Waals surface area (Å²) in [6, 6.07) is 8.63. The number of anilines is 2. The normalized spacial score (nSPS) is 23.6. The second kappa shape index (κ2) is 7.44. The van der Waals surface area contributed by atoms with Crippen LogP contribution in [0.1, 0.15) is 26.3 Å². The van der Waals surface area contributed by atoms with Crippen molar-refractivity contribution in [3.05, 3.63) is 54.1 Å². The van der Waals surface area contributed by atoms with E-state index in [1.54, 1.807) is 31.6 Å². The van der Waals surface area contributed by atoms with Crippen LogP contribution in [0.4, 0.5) is 15.9 Å². The smallest absolute Gasteiger partial charge is 0.283 e. The van der Waals surface area contributed by atoms with Gasteiger partial charge < -0.3 is 20.5 Å². The van der Waals surface area contributed by atoms with Gasteiger partial charge in [-0.05, 0) is 44.2 Å². The van der Waals surface area contributed by atoms with Gasteiger partial charge in [-0.3, -0.25) is 0 Å². The molecule has 2 aromatic heterocycles. The van der Waals surface area contributed by atoms with Crippen molar-refractivity contribution in [3.63, 3.8) is 0 Å². The second-order valence-electron chi connectivity index (χ2n) is 7.64. The topological polar surface area (TPSA) is 94.7 Å². The molecular weight excluding hydrogens is 385 g/mol. The zero-order valence-electron chi connectivity index (χ0n) is 17.3. The molecule has 0 saturated carbocycles. The van der Waals surface area contributed by atoms with E-state index in [2.05, 4.69) is 20.3 Å². The fourth-order valence-electron chi connectivity index (χ4n) is 3.78. The molecule has 0 aliphatic carbocycles. The van der Waals surface area contributed by atoms with Gasteiger partial charge in [0.1, 0.15) is 23.2 Å². The van der Waals surface area contributed by atoms with E-state index in [1.165, 1.54) is 6.07 Å². The molecule has 4 rings (SSSR count). The molecule has 3 aromatic rings. The van der Waals surface area contributed by atoms with Crippen molar-refractivity contribution in [2.24, 2.45) is 16.6 Å². The Hall–Kier alpha value is -3.42. The highest BCUT2D eigenvalue weighted by molar-refractivity contribution is 5.90. The Kier molecular flexibility index (Phi) is 4.93. The van der Waals surface area contributed by atoms with Crippen LogP contribution in [0.2, 0.25) is 0 Å². The predicted octanol–water partition coefficient (Wildman–Crippen LogP) is 4.11. The molecule has 30 heavy (non-hydrogen) atoms. The highest BCUT2D eigenvalue weighted by Crippen LogP contribution is 2.41. The number of hydrogen-bond acceptors (Lipinski definition) is 7. The van der Waals surface area contributed by atoms with Gasteiger partial charge in [-0.15, -0.1) is 0 Å². The van der Waals surface area contributed by atoms with Crippen molar-refractivity contribution in [1.82, 2.24) is 9.97 Å². The van der Waals surface area contributed by atoms with Gasteiger partial charge in [0, 0.05) is 28.8 Å². The third-order valence-electron chi connectivity index (χ3n) is 5.82. The number of aromatic nitrogens is 2. The van der Waals surface area contributed by atoms with Crippen LogP contribution < -0.4 is 15.8 Å². The minimum atomic E-state index is -0.860. The number of ether oxygens (including phenoxy) is 2. The molecular formula is C22H24FN5O2. The number of aliphatic imine (C=N–C) groups is 1. The van der Waals surface area contributed by atoms with E-state index in [1.807, 2.05) is 32.9 Å². The first-order valence-corrected chi connectivity index (χ1v) is 9.69. The number of amidine groups is 1. The number of halogens is 1. The number of hydrogen-bond donors (Lipinski definition) is 2. The van der Waals surface area contributed by atoms with Crippen LogP contribution in [0.3, 0.4) is 0 Å². The van der Waals surface area contributed by atoms with Crippen LogP contribution in [-0.2, 0) is 10.3 Å². The maximum atomic E-state index is 14.9. The van der Waals surface area contributed by atoms with Crippen molar-refractivity contribution >= 4 is 28.4 Å². The van der Waals surface area contributed by atoms with E-state index in [9.17, 15) is 4.39 Å². The summed E-state index contributed by atoms with van der Waals surface area (Å²) in [6.07, 6.45) is 3.13. The molecule has 7 nitrogen and oxygen atoms in total. The number of methoxy groups -OCH3 is 1. The Morgan fingerprint density at radius 2 is 2.00 bits per heavy atom. The Bertz CT molecular complexity index is 1140. The van der Waals surface area contributed by atoms with Crippen LogP contribution in [0.15, 0.2) is 47.7 Å². The molecule has 1 unspecified atom stereocenters. The third kappa shape index (κ3) is 3.38. The Labute approximate surface area is 174 Å². The zero-order valence-corrected chi connectivity index (χ0v) is 17.3. The number of nitrogens with two attached hydrogens (primary N) is 1. The standard InChI is InChI=1S/C22H24FN5O2/c1-12-13(2)30-21(24)28-22(12,3)17-10-15(5-6-18(17)23)27-20-19-14(7-8-25-20)9-16(29-4)11-26-19/h5-13H,1-4H3,(H2,24,28)(H,25,27)/t12-,13?,22-/m1/s1. The van der Waals surface area contributed by atoms with Crippen LogP contribution in [0, 0.1) is 11.7 Å². The number of pyridine rings is 2. The summed E-state index contributed by atoms with van der Waals surface area (Å²) in [5.74, 6) is 0.789. The molecule has 156 valence electrons. The molecule has 0 saturated heterocycles. The lowest BCUT2D eigenvalue weighted by Gasteiger charge is -2.40. The molecule has 1 aliphatic rings. The molecule has 0 fully saturated rings. The molecule has 0 spiro atoms. The Morgan fingerprint density at radius 1 is 1.20 bits per heavy atom. The molecule has 0 amide bonds. The van der Waals surface area contributed by atoms with E-state index in [4.69, 9.17) is 15.2 Å². The summed E-state index contributed by atoms with van der Waals surface area (Å²) >= 11 is 0. The lowest BCUT2D eigenvalue weighted by Crippen LogP contribution is -2.45. The van der Waals surface area contributed by atoms with E-state index in [-0.39, 0.29) is 23.9 Å². The second-order valence-corrected chi connectivity index (χ2v) is 7.64. The number of benzene rings is 1. The average Bonchev–Trinajstić information content (AvgIpc) is 2.73. The van der Waals surface area contributed by atoms with Gasteiger partial charge in [-0.1, -0.05) is 6.92 Å². The first-order valence-electron chi connectivity index (χ1n) is 9.69. The fourth-order valence-corrected chi connectivity index (χ4v) is 3.78. The van der Waals surface area contributed by atoms with Crippen LogP contribution in [0.25, 0.3) is 10.9 Å². The lowest BCUT2D eigenvalue weighted by atomic mass is 9.77. The zero-order chi connectivity index (χ0) is 21.5. The molecule has 3 N–H and O–H groups in total. The fraction of sp³-hybridized carbons (Fsp3) is 0.318. The van der Waals surface area contributed by atoms with E-state index >= 15 is 0 Å². The first kappa shape index (κ1) is 19.9. The highest BCUT2D eigenvalue weighted by Gasteiger charge is 2.42. The number of nitrogens with zero attached hydrogens (tertiary/aromatic N) is 3. The van der Waals surface area contributed by atoms with Gasteiger partial charge in [0.25, 0.3) is 6.02 Å². The van der Waals surface area contributed by atoms with Crippen molar-refractivity contribution in [2.45, 2.75) is 32.4 Å². The van der Waals surface area contributed by atoms with Gasteiger partial charge in [0.15, 0.2) is 5.82 Å². The quantitative estimate of drug-likeness (QED) is 0.674. The van der Waals surface area contributed by atoms with E-state index in [0.29, 0.717) is 28.3 Å². The molecule has 0 bridgehead atoms. The van der Waals surface area contributed by atoms with Gasteiger partial charge in [0.05, 0.1) is 18.8 Å². The lowest BCUT2D eigenvalue weighted by molar-refractivity contribution is 0.0704. The van der Waals surface area contributed by atoms with E-state index < -0.39 is 5.54 Å². The molecule has 0 radical (unpaired) electrons. The van der Waals surface area contributed by atoms with Gasteiger partial charge in [0.2, 0.25) is 0 Å². The number of fused-ring (bicyclic) bond motifs is 1. The van der Waals surface area contributed by atoms with Crippen molar-refractivity contribution in [2.75, 3.05) is 12.4 Å². The third-order valence-corrected chi connectivity index (χ3v) is 5.82. The summed E-state index contributed by atoms with van der Waals surface area (Å²) in [7, 11) is 1.59. The molecule has 3 heterocycles. The minimum absolute atomic E-state index is 0.0646. The maximum Gasteiger partial charge on any atom is 0.283 e. The highest BCUT2D eigenvalue weighted by atomic mass is 19.1. The summed E-state index contributed by atoms with van der Waals surface area (Å²) in [5, 5.41) is 4.13. The van der Waals surface area contributed by atoms with E-state index in [0.717, 1.165) is 5.39 Å². The average molecular weight is 409 g/mol. The number of rotatable bonds is 4. The maximum absolute atomic E-state index is 14.9. The van der Waals surface area contributed by atoms with Gasteiger partial charge >= 0.3 is 0 Å². The number of nitrogens with one attached hydrogen (secondary N) is 1. The van der Waals surface area contributed by atoms with Crippen LogP contribution in [0.5, 0.6) is 5.75 Å². The Balaban J connectivity index is 1.75. The summed E-state index contributed by atoms with van der Waals surface area (Å²) in [6.45, 7) is 5.75. The van der Waals surface area contributed by atoms with Crippen molar-refractivity contribution < 1.29 is 13.9 Å². The minimum Gasteiger partial charge on any atom is -0.495 e. The molecule has 8 heteroatoms. The largest absolute Gasteiger partial charge is 0.495 e.